The normalized spacial score (nSPS) is 16.5. The van der Waals surface area contributed by atoms with Crippen molar-refractivity contribution in [1.82, 2.24) is 0 Å². The molecule has 2 aromatic carbocycles. The predicted molar refractivity (Wildman–Crippen MR) is 97.1 cm³/mol. The number of amides is 1. The number of carbonyl (C=O) groups excluding carboxylic acids is 1. The highest BCUT2D eigenvalue weighted by Crippen LogP contribution is 2.31. The van der Waals surface area contributed by atoms with E-state index < -0.39 is 0 Å². The standard InChI is InChI=1S/C18H16Cl2N2O2/c1-12-8-13-4-2-3-5-17(13)22(12)18(23)11-24-21-10-14-6-7-15(19)9-16(14)20/h2-7,9-10,12H,8,11H2,1H3/b21-10+. The van der Waals surface area contributed by atoms with Gasteiger partial charge in [-0.05, 0) is 37.1 Å². The molecule has 1 heterocycles. The van der Waals surface area contributed by atoms with Gasteiger partial charge in [0.2, 0.25) is 0 Å². The van der Waals surface area contributed by atoms with Crippen molar-refractivity contribution >= 4 is 41.0 Å². The van der Waals surface area contributed by atoms with Gasteiger partial charge in [-0.3, -0.25) is 4.79 Å². The second kappa shape index (κ2) is 7.24. The van der Waals surface area contributed by atoms with Gasteiger partial charge in [0.1, 0.15) is 0 Å². The fourth-order valence-corrected chi connectivity index (χ4v) is 3.27. The van der Waals surface area contributed by atoms with Gasteiger partial charge in [0.15, 0.2) is 6.61 Å². The van der Waals surface area contributed by atoms with Crippen LogP contribution in [0.15, 0.2) is 47.6 Å². The highest BCUT2D eigenvalue weighted by atomic mass is 35.5. The van der Waals surface area contributed by atoms with Crippen molar-refractivity contribution in [1.29, 1.82) is 0 Å². The van der Waals surface area contributed by atoms with E-state index in [9.17, 15) is 4.79 Å². The zero-order valence-corrected chi connectivity index (χ0v) is 14.6. The molecular weight excluding hydrogens is 347 g/mol. The highest BCUT2D eigenvalue weighted by molar-refractivity contribution is 6.36. The summed E-state index contributed by atoms with van der Waals surface area (Å²) in [4.78, 5) is 19.3. The van der Waals surface area contributed by atoms with Crippen molar-refractivity contribution in [3.05, 3.63) is 63.6 Å². The fourth-order valence-electron chi connectivity index (χ4n) is 2.81. The van der Waals surface area contributed by atoms with Crippen molar-refractivity contribution in [3.8, 4) is 0 Å². The molecule has 3 rings (SSSR count). The predicted octanol–water partition coefficient (Wildman–Crippen LogP) is 4.32. The van der Waals surface area contributed by atoms with Crippen LogP contribution in [-0.2, 0) is 16.1 Å². The first-order valence-corrected chi connectivity index (χ1v) is 8.32. The lowest BCUT2D eigenvalue weighted by Crippen LogP contribution is -2.37. The zero-order valence-electron chi connectivity index (χ0n) is 13.1. The van der Waals surface area contributed by atoms with Crippen LogP contribution in [0.25, 0.3) is 0 Å². The number of hydrogen-bond acceptors (Lipinski definition) is 3. The number of fused-ring (bicyclic) bond motifs is 1. The third-order valence-electron chi connectivity index (χ3n) is 3.89. The largest absolute Gasteiger partial charge is 0.386 e. The summed E-state index contributed by atoms with van der Waals surface area (Å²) in [5.41, 5.74) is 2.80. The average Bonchev–Trinajstić information content (AvgIpc) is 2.88. The number of anilines is 1. The molecular formula is C18H16Cl2N2O2. The molecule has 1 aliphatic rings. The maximum Gasteiger partial charge on any atom is 0.268 e. The van der Waals surface area contributed by atoms with Crippen molar-refractivity contribution in [2.24, 2.45) is 5.16 Å². The van der Waals surface area contributed by atoms with E-state index in [-0.39, 0.29) is 18.6 Å². The Morgan fingerprint density at radius 2 is 2.12 bits per heavy atom. The molecule has 0 bridgehead atoms. The van der Waals surface area contributed by atoms with Gasteiger partial charge in [0, 0.05) is 22.3 Å². The molecule has 1 aliphatic heterocycles. The lowest BCUT2D eigenvalue weighted by atomic mass is 10.1. The minimum atomic E-state index is -0.125. The van der Waals surface area contributed by atoms with Crippen LogP contribution in [0, 0.1) is 0 Å². The van der Waals surface area contributed by atoms with Crippen LogP contribution in [0.2, 0.25) is 10.0 Å². The fraction of sp³-hybridized carbons (Fsp3) is 0.222. The van der Waals surface area contributed by atoms with Crippen LogP contribution in [0.5, 0.6) is 0 Å². The molecule has 124 valence electrons. The van der Waals surface area contributed by atoms with Gasteiger partial charge in [0.25, 0.3) is 5.91 Å². The quantitative estimate of drug-likeness (QED) is 0.600. The van der Waals surface area contributed by atoms with Gasteiger partial charge in [0.05, 0.1) is 11.2 Å². The Morgan fingerprint density at radius 3 is 2.92 bits per heavy atom. The topological polar surface area (TPSA) is 41.9 Å². The molecule has 1 unspecified atom stereocenters. The first-order chi connectivity index (χ1) is 11.6. The molecule has 0 spiro atoms. The third kappa shape index (κ3) is 3.55. The van der Waals surface area contributed by atoms with Crippen molar-refractivity contribution < 1.29 is 9.63 Å². The summed E-state index contributed by atoms with van der Waals surface area (Å²) in [6, 6.07) is 13.1. The van der Waals surface area contributed by atoms with Gasteiger partial charge in [-0.25, -0.2) is 0 Å². The van der Waals surface area contributed by atoms with E-state index in [4.69, 9.17) is 28.0 Å². The first kappa shape index (κ1) is 16.8. The van der Waals surface area contributed by atoms with Crippen LogP contribution in [-0.4, -0.2) is 24.8 Å². The summed E-state index contributed by atoms with van der Waals surface area (Å²) < 4.78 is 0. The maximum absolute atomic E-state index is 12.4. The number of oxime groups is 1. The van der Waals surface area contributed by atoms with E-state index in [0.717, 1.165) is 12.1 Å². The van der Waals surface area contributed by atoms with E-state index in [1.807, 2.05) is 31.2 Å². The molecule has 0 saturated heterocycles. The number of carbonyl (C=O) groups is 1. The van der Waals surface area contributed by atoms with Crippen molar-refractivity contribution in [2.75, 3.05) is 11.5 Å². The summed E-state index contributed by atoms with van der Waals surface area (Å²) in [5, 5.41) is 4.85. The summed E-state index contributed by atoms with van der Waals surface area (Å²) in [7, 11) is 0. The summed E-state index contributed by atoms with van der Waals surface area (Å²) in [6.07, 6.45) is 2.32. The maximum atomic E-state index is 12.4. The minimum Gasteiger partial charge on any atom is -0.386 e. The zero-order chi connectivity index (χ0) is 17.1. The Balaban J connectivity index is 1.61. The lowest BCUT2D eigenvalue weighted by molar-refractivity contribution is -0.123. The van der Waals surface area contributed by atoms with E-state index in [0.29, 0.717) is 15.6 Å². The molecule has 1 atom stereocenters. The number of para-hydroxylation sites is 1. The molecule has 2 aromatic rings. The van der Waals surface area contributed by atoms with Crippen LogP contribution in [0.4, 0.5) is 5.69 Å². The number of rotatable bonds is 4. The lowest BCUT2D eigenvalue weighted by Gasteiger charge is -2.21. The van der Waals surface area contributed by atoms with Gasteiger partial charge >= 0.3 is 0 Å². The molecule has 0 fully saturated rings. The van der Waals surface area contributed by atoms with Crippen LogP contribution < -0.4 is 4.90 Å². The number of hydrogen-bond donors (Lipinski definition) is 0. The summed E-state index contributed by atoms with van der Waals surface area (Å²) >= 11 is 11.9. The molecule has 0 N–H and O–H groups in total. The Morgan fingerprint density at radius 1 is 1.33 bits per heavy atom. The van der Waals surface area contributed by atoms with Crippen molar-refractivity contribution in [3.63, 3.8) is 0 Å². The Bertz CT molecular complexity index is 792. The van der Waals surface area contributed by atoms with Crippen LogP contribution >= 0.6 is 23.2 Å². The smallest absolute Gasteiger partial charge is 0.268 e. The first-order valence-electron chi connectivity index (χ1n) is 7.56. The molecule has 0 saturated carbocycles. The SMILES string of the molecule is CC1Cc2ccccc2N1C(=O)CO/N=C/c1ccc(Cl)cc1Cl. The molecule has 6 heteroatoms. The Hall–Kier alpha value is -2.04. The monoisotopic (exact) mass is 362 g/mol. The number of nitrogens with zero attached hydrogens (tertiary/aromatic N) is 2. The van der Waals surface area contributed by atoms with Crippen LogP contribution in [0.3, 0.4) is 0 Å². The molecule has 0 aromatic heterocycles. The second-order valence-corrected chi connectivity index (χ2v) is 6.46. The Labute approximate surface area is 150 Å². The van der Waals surface area contributed by atoms with E-state index in [1.165, 1.54) is 11.8 Å². The van der Waals surface area contributed by atoms with Gasteiger partial charge in [-0.2, -0.15) is 0 Å². The van der Waals surface area contributed by atoms with E-state index in [1.54, 1.807) is 23.1 Å². The van der Waals surface area contributed by atoms with Gasteiger partial charge < -0.3 is 9.74 Å². The number of halogens is 2. The summed E-state index contributed by atoms with van der Waals surface area (Å²) in [6.45, 7) is 1.90. The summed E-state index contributed by atoms with van der Waals surface area (Å²) in [5.74, 6) is -0.119. The molecule has 0 aliphatic carbocycles. The Kier molecular flexibility index (Phi) is 5.07. The average molecular weight is 363 g/mol. The van der Waals surface area contributed by atoms with Gasteiger partial charge in [-0.15, -0.1) is 0 Å². The minimum absolute atomic E-state index is 0.119. The van der Waals surface area contributed by atoms with Crippen LogP contribution in [0.1, 0.15) is 18.1 Å². The molecule has 1 amide bonds. The molecule has 0 radical (unpaired) electrons. The van der Waals surface area contributed by atoms with Gasteiger partial charge in [-0.1, -0.05) is 52.6 Å². The number of benzene rings is 2. The van der Waals surface area contributed by atoms with E-state index >= 15 is 0 Å². The molecule has 4 nitrogen and oxygen atoms in total. The molecule has 24 heavy (non-hydrogen) atoms. The highest BCUT2D eigenvalue weighted by Gasteiger charge is 2.30. The van der Waals surface area contributed by atoms with E-state index in [2.05, 4.69) is 5.16 Å². The second-order valence-electron chi connectivity index (χ2n) is 5.62. The van der Waals surface area contributed by atoms with Crippen molar-refractivity contribution in [2.45, 2.75) is 19.4 Å². The third-order valence-corrected chi connectivity index (χ3v) is 4.46.